The van der Waals surface area contributed by atoms with Gasteiger partial charge in [-0.15, -0.1) is 12.3 Å². The maximum Gasteiger partial charge on any atom is 0.248 e. The Bertz CT molecular complexity index is 440. The molecule has 0 fully saturated rings. The third-order valence-electron chi connectivity index (χ3n) is 2.42. The van der Waals surface area contributed by atoms with Crippen LogP contribution in [-0.2, 0) is 6.42 Å². The normalized spacial score (nSPS) is 9.94. The lowest BCUT2D eigenvalue weighted by atomic mass is 10.0. The zero-order valence-corrected chi connectivity index (χ0v) is 9.30. The molecule has 0 bridgehead atoms. The van der Waals surface area contributed by atoms with E-state index in [4.69, 9.17) is 12.2 Å². The number of rotatable bonds is 5. The van der Waals surface area contributed by atoms with E-state index in [2.05, 4.69) is 5.92 Å². The van der Waals surface area contributed by atoms with Crippen molar-refractivity contribution in [2.24, 2.45) is 5.73 Å². The van der Waals surface area contributed by atoms with E-state index in [1.165, 1.54) is 0 Å². The molecule has 0 heterocycles. The van der Waals surface area contributed by atoms with Gasteiger partial charge in [0.05, 0.1) is 0 Å². The van der Waals surface area contributed by atoms with Crippen molar-refractivity contribution in [1.29, 1.82) is 0 Å². The van der Waals surface area contributed by atoms with Crippen molar-refractivity contribution >= 4 is 5.91 Å². The summed E-state index contributed by atoms with van der Waals surface area (Å²) in [6.45, 7) is 0. The van der Waals surface area contributed by atoms with Gasteiger partial charge in [-0.3, -0.25) is 4.79 Å². The van der Waals surface area contributed by atoms with Crippen LogP contribution in [0.3, 0.4) is 0 Å². The average Bonchev–Trinajstić information content (AvgIpc) is 2.26. The van der Waals surface area contributed by atoms with E-state index in [1.54, 1.807) is 0 Å². The van der Waals surface area contributed by atoms with Crippen LogP contribution >= 0.6 is 0 Å². The molecular formula is C13H13F2NO. The van der Waals surface area contributed by atoms with Crippen LogP contribution in [0.4, 0.5) is 8.78 Å². The molecule has 1 rings (SSSR count). The first-order chi connectivity index (χ1) is 8.06. The number of nitrogens with two attached hydrogens (primary N) is 1. The molecule has 0 aliphatic heterocycles. The molecule has 0 saturated heterocycles. The summed E-state index contributed by atoms with van der Waals surface area (Å²) < 4.78 is 27.0. The van der Waals surface area contributed by atoms with Gasteiger partial charge in [-0.2, -0.15) is 0 Å². The van der Waals surface area contributed by atoms with Crippen molar-refractivity contribution in [2.75, 3.05) is 0 Å². The molecule has 0 radical (unpaired) electrons. The molecule has 0 aromatic heterocycles. The summed E-state index contributed by atoms with van der Waals surface area (Å²) in [6.07, 6.45) is 7.24. The Morgan fingerprint density at radius 3 is 2.35 bits per heavy atom. The van der Waals surface area contributed by atoms with Gasteiger partial charge in [0.15, 0.2) is 0 Å². The van der Waals surface area contributed by atoms with E-state index < -0.39 is 17.5 Å². The van der Waals surface area contributed by atoms with Gasteiger partial charge >= 0.3 is 0 Å². The third kappa shape index (κ3) is 3.56. The molecule has 1 aromatic rings. The Morgan fingerprint density at radius 2 is 1.88 bits per heavy atom. The fourth-order valence-electron chi connectivity index (χ4n) is 1.51. The number of hydrogen-bond donors (Lipinski definition) is 1. The predicted molar refractivity (Wildman–Crippen MR) is 61.3 cm³/mol. The summed E-state index contributed by atoms with van der Waals surface area (Å²) in [5.74, 6) is 0.140. The summed E-state index contributed by atoms with van der Waals surface area (Å²) >= 11 is 0. The van der Waals surface area contributed by atoms with Crippen molar-refractivity contribution in [1.82, 2.24) is 0 Å². The molecule has 0 atom stereocenters. The van der Waals surface area contributed by atoms with E-state index in [1.807, 2.05) is 0 Å². The lowest BCUT2D eigenvalue weighted by Gasteiger charge is -2.06. The highest BCUT2D eigenvalue weighted by molar-refractivity contribution is 5.92. The zero-order chi connectivity index (χ0) is 12.8. The molecular weight excluding hydrogens is 224 g/mol. The topological polar surface area (TPSA) is 43.1 Å². The van der Waals surface area contributed by atoms with Crippen LogP contribution in [0, 0.1) is 24.0 Å². The molecule has 17 heavy (non-hydrogen) atoms. The molecule has 1 amide bonds. The minimum Gasteiger partial charge on any atom is -0.366 e. The van der Waals surface area contributed by atoms with E-state index >= 15 is 0 Å². The quantitative estimate of drug-likeness (QED) is 0.620. The molecule has 2 N–H and O–H groups in total. The molecule has 0 aliphatic rings. The Kier molecular flexibility index (Phi) is 4.65. The van der Waals surface area contributed by atoms with Crippen molar-refractivity contribution in [3.8, 4) is 12.3 Å². The van der Waals surface area contributed by atoms with Gasteiger partial charge in [0.2, 0.25) is 5.91 Å². The van der Waals surface area contributed by atoms with Gasteiger partial charge in [0.1, 0.15) is 11.6 Å². The molecule has 1 aromatic carbocycles. The second-order valence-corrected chi connectivity index (χ2v) is 3.69. The standard InChI is InChI=1S/C13H13F2NO/c1-2-3-4-5-6-10-11(14)7-9(13(16)17)8-12(10)15/h1,7-8H,3-6H2,(H2,16,17). The summed E-state index contributed by atoms with van der Waals surface area (Å²) in [4.78, 5) is 10.8. The van der Waals surface area contributed by atoms with Crippen molar-refractivity contribution in [3.05, 3.63) is 34.9 Å². The number of amides is 1. The molecule has 0 spiro atoms. The summed E-state index contributed by atoms with van der Waals surface area (Å²) in [5, 5.41) is 0. The van der Waals surface area contributed by atoms with Crippen LogP contribution in [0.1, 0.15) is 35.2 Å². The van der Waals surface area contributed by atoms with Gasteiger partial charge in [-0.1, -0.05) is 0 Å². The Hall–Kier alpha value is -1.89. The molecule has 90 valence electrons. The minimum absolute atomic E-state index is 0.0213. The largest absolute Gasteiger partial charge is 0.366 e. The number of primary amides is 1. The smallest absolute Gasteiger partial charge is 0.248 e. The number of terminal acetylenes is 1. The Morgan fingerprint density at radius 1 is 1.29 bits per heavy atom. The van der Waals surface area contributed by atoms with Crippen LogP contribution in [0.5, 0.6) is 0 Å². The third-order valence-corrected chi connectivity index (χ3v) is 2.42. The Labute approximate surface area is 98.8 Å². The summed E-state index contributed by atoms with van der Waals surface area (Å²) in [5.41, 5.74) is 4.77. The van der Waals surface area contributed by atoms with E-state index in [9.17, 15) is 13.6 Å². The molecule has 0 aliphatic carbocycles. The first-order valence-corrected chi connectivity index (χ1v) is 5.27. The fourth-order valence-corrected chi connectivity index (χ4v) is 1.51. The molecule has 0 saturated carbocycles. The SMILES string of the molecule is C#CCCCCc1c(F)cc(C(N)=O)cc1F. The molecule has 2 nitrogen and oxygen atoms in total. The van der Waals surface area contributed by atoms with Gasteiger partial charge < -0.3 is 5.73 Å². The highest BCUT2D eigenvalue weighted by Gasteiger charge is 2.13. The molecule has 0 unspecified atom stereocenters. The van der Waals surface area contributed by atoms with Crippen LogP contribution in [0.25, 0.3) is 0 Å². The lowest BCUT2D eigenvalue weighted by molar-refractivity contribution is 0.0999. The van der Waals surface area contributed by atoms with E-state index in [-0.39, 0.29) is 17.5 Å². The number of carbonyl (C=O) groups is 1. The van der Waals surface area contributed by atoms with Crippen molar-refractivity contribution in [3.63, 3.8) is 0 Å². The first-order valence-electron chi connectivity index (χ1n) is 5.27. The van der Waals surface area contributed by atoms with Crippen molar-refractivity contribution in [2.45, 2.75) is 25.7 Å². The van der Waals surface area contributed by atoms with Gasteiger partial charge in [0, 0.05) is 17.5 Å². The summed E-state index contributed by atoms with van der Waals surface area (Å²) in [7, 11) is 0. The number of halogens is 2. The average molecular weight is 237 g/mol. The predicted octanol–water partition coefficient (Wildman–Crippen LogP) is 2.41. The highest BCUT2D eigenvalue weighted by atomic mass is 19.1. The van der Waals surface area contributed by atoms with Gasteiger partial charge in [-0.25, -0.2) is 8.78 Å². The number of benzene rings is 1. The summed E-state index contributed by atoms with van der Waals surface area (Å²) in [6, 6.07) is 1.92. The van der Waals surface area contributed by atoms with Crippen LogP contribution in [0.15, 0.2) is 12.1 Å². The second kappa shape index (κ2) is 6.00. The lowest BCUT2D eigenvalue weighted by Crippen LogP contribution is -2.12. The van der Waals surface area contributed by atoms with Gasteiger partial charge in [-0.05, 0) is 31.4 Å². The second-order valence-electron chi connectivity index (χ2n) is 3.69. The van der Waals surface area contributed by atoms with Crippen molar-refractivity contribution < 1.29 is 13.6 Å². The van der Waals surface area contributed by atoms with Crippen LogP contribution in [-0.4, -0.2) is 5.91 Å². The van der Waals surface area contributed by atoms with E-state index in [0.29, 0.717) is 19.3 Å². The van der Waals surface area contributed by atoms with E-state index in [0.717, 1.165) is 12.1 Å². The number of hydrogen-bond acceptors (Lipinski definition) is 1. The highest BCUT2D eigenvalue weighted by Crippen LogP contribution is 2.18. The Balaban J connectivity index is 2.80. The van der Waals surface area contributed by atoms with Crippen LogP contribution < -0.4 is 5.73 Å². The monoisotopic (exact) mass is 237 g/mol. The zero-order valence-electron chi connectivity index (χ0n) is 9.30. The van der Waals surface area contributed by atoms with Gasteiger partial charge in [0.25, 0.3) is 0 Å². The fraction of sp³-hybridized carbons (Fsp3) is 0.308. The number of carbonyl (C=O) groups excluding carboxylic acids is 1. The van der Waals surface area contributed by atoms with Crippen LogP contribution in [0.2, 0.25) is 0 Å². The maximum atomic E-state index is 13.5. The number of unbranched alkanes of at least 4 members (excludes halogenated alkanes) is 2. The molecule has 4 heteroatoms. The first kappa shape index (κ1) is 13.2. The minimum atomic E-state index is -0.846. The maximum absolute atomic E-state index is 13.5.